The van der Waals surface area contributed by atoms with E-state index >= 15 is 0 Å². The molecule has 40 heavy (non-hydrogen) atoms. The molecule has 4 rings (SSSR count). The topological polar surface area (TPSA) is 120 Å². The lowest BCUT2D eigenvalue weighted by Gasteiger charge is -2.23. The van der Waals surface area contributed by atoms with Crippen LogP contribution >= 0.6 is 0 Å². The normalized spacial score (nSPS) is 14.4. The van der Waals surface area contributed by atoms with E-state index in [0.29, 0.717) is 39.6 Å². The Bertz CT molecular complexity index is 1500. The van der Waals surface area contributed by atoms with Crippen LogP contribution in [0.5, 0.6) is 0 Å². The average molecular weight is 542 g/mol. The van der Waals surface area contributed by atoms with E-state index in [1.807, 2.05) is 30.3 Å². The summed E-state index contributed by atoms with van der Waals surface area (Å²) in [7, 11) is 6.55. The average Bonchev–Trinajstić information content (AvgIpc) is 3.25. The van der Waals surface area contributed by atoms with Crippen LogP contribution in [0.4, 0.5) is 22.7 Å². The van der Waals surface area contributed by atoms with Crippen LogP contribution in [-0.2, 0) is 19.1 Å². The third-order valence-corrected chi connectivity index (χ3v) is 6.38. The monoisotopic (exact) mass is 541 g/mol. The first-order valence-electron chi connectivity index (χ1n) is 12.6. The molecule has 0 spiro atoms. The fourth-order valence-electron chi connectivity index (χ4n) is 4.51. The van der Waals surface area contributed by atoms with Crippen molar-refractivity contribution < 1.29 is 23.9 Å². The number of amides is 3. The molecule has 1 atom stereocenters. The third kappa shape index (κ3) is 6.08. The Morgan fingerprint density at radius 2 is 1.70 bits per heavy atom. The van der Waals surface area contributed by atoms with E-state index < -0.39 is 11.9 Å². The van der Waals surface area contributed by atoms with Crippen LogP contribution in [-0.4, -0.2) is 69.1 Å². The van der Waals surface area contributed by atoms with Crippen molar-refractivity contribution in [3.63, 3.8) is 0 Å². The molecule has 2 N–H and O–H groups in total. The summed E-state index contributed by atoms with van der Waals surface area (Å²) < 4.78 is 4.81. The molecule has 206 valence electrons. The minimum atomic E-state index is -0.752. The molecule has 1 aliphatic rings. The number of ether oxygens (including phenoxy) is 1. The molecule has 0 aliphatic carbocycles. The number of fused-ring (bicyclic) bond motifs is 1. The molecule has 10 heteroatoms. The Kier molecular flexibility index (Phi) is 8.40. The van der Waals surface area contributed by atoms with Crippen molar-refractivity contribution in [3.05, 3.63) is 83.4 Å². The number of methoxy groups -OCH3 is 1. The first-order valence-corrected chi connectivity index (χ1v) is 12.6. The van der Waals surface area contributed by atoms with E-state index in [0.717, 1.165) is 5.56 Å². The molecule has 0 saturated carbocycles. The zero-order valence-electron chi connectivity index (χ0n) is 23.0. The highest BCUT2D eigenvalue weighted by molar-refractivity contribution is 6.24. The molecule has 1 unspecified atom stereocenters. The minimum Gasteiger partial charge on any atom is -0.465 e. The summed E-state index contributed by atoms with van der Waals surface area (Å²) in [6.07, 6.45) is 0. The van der Waals surface area contributed by atoms with Gasteiger partial charge in [0.15, 0.2) is 0 Å². The summed E-state index contributed by atoms with van der Waals surface area (Å²) in [4.78, 5) is 58.2. The molecule has 0 aromatic heterocycles. The van der Waals surface area contributed by atoms with Crippen LogP contribution in [0.2, 0.25) is 0 Å². The maximum absolute atomic E-state index is 13.3. The maximum Gasteiger partial charge on any atom is 0.337 e. The zero-order chi connectivity index (χ0) is 29.0. The van der Waals surface area contributed by atoms with Crippen LogP contribution in [0, 0.1) is 0 Å². The SMILES string of the molecule is COC(=O)c1ccc2c(c1)NC(=O)C2C(=Nc1ccc(N(C)C(=O)CN(C)C)c(NC(C)=O)c1)c1ccccc1. The van der Waals surface area contributed by atoms with Gasteiger partial charge >= 0.3 is 5.97 Å². The number of esters is 1. The van der Waals surface area contributed by atoms with Crippen molar-refractivity contribution >= 4 is 52.2 Å². The summed E-state index contributed by atoms with van der Waals surface area (Å²) in [5.74, 6) is -1.99. The van der Waals surface area contributed by atoms with Gasteiger partial charge in [0.25, 0.3) is 0 Å². The highest BCUT2D eigenvalue weighted by Gasteiger charge is 2.36. The fourth-order valence-corrected chi connectivity index (χ4v) is 4.51. The summed E-state index contributed by atoms with van der Waals surface area (Å²) >= 11 is 0. The molecule has 1 aliphatic heterocycles. The van der Waals surface area contributed by atoms with Gasteiger partial charge in [-0.05, 0) is 55.6 Å². The molecule has 0 bridgehead atoms. The Hall–Kier alpha value is -4.83. The van der Waals surface area contributed by atoms with Crippen LogP contribution in [0.15, 0.2) is 71.7 Å². The predicted octanol–water partition coefficient (Wildman–Crippen LogP) is 3.81. The Labute approximate surface area is 232 Å². The standard InChI is InChI=1S/C30H31N5O5/c1-18(36)31-24-16-21(12-14-25(24)35(4)26(37)17-34(2)3)32-28(19-9-7-6-8-10-19)27-22-13-11-20(30(39)40-5)15-23(22)33-29(27)38/h6-16,27H,17H2,1-5H3,(H,31,36)(H,33,38). The molecule has 0 radical (unpaired) electrons. The number of benzene rings is 3. The quantitative estimate of drug-likeness (QED) is 0.331. The lowest BCUT2D eigenvalue weighted by Crippen LogP contribution is -2.35. The van der Waals surface area contributed by atoms with Gasteiger partial charge < -0.3 is 25.2 Å². The van der Waals surface area contributed by atoms with Gasteiger partial charge in [0.05, 0.1) is 42.0 Å². The summed E-state index contributed by atoms with van der Waals surface area (Å²) in [5.41, 5.74) is 4.13. The van der Waals surface area contributed by atoms with E-state index in [-0.39, 0.29) is 24.3 Å². The van der Waals surface area contributed by atoms with Crippen molar-refractivity contribution in [2.45, 2.75) is 12.8 Å². The lowest BCUT2D eigenvalue weighted by atomic mass is 9.90. The first-order chi connectivity index (χ1) is 19.1. The van der Waals surface area contributed by atoms with Gasteiger partial charge in [-0.2, -0.15) is 0 Å². The number of hydrogen-bond acceptors (Lipinski definition) is 7. The van der Waals surface area contributed by atoms with Crippen molar-refractivity contribution in [3.8, 4) is 0 Å². The molecular formula is C30H31N5O5. The Morgan fingerprint density at radius 1 is 0.975 bits per heavy atom. The van der Waals surface area contributed by atoms with Gasteiger partial charge in [0, 0.05) is 19.7 Å². The molecule has 0 saturated heterocycles. The lowest BCUT2D eigenvalue weighted by molar-refractivity contribution is -0.119. The largest absolute Gasteiger partial charge is 0.465 e. The van der Waals surface area contributed by atoms with Crippen LogP contribution in [0.3, 0.4) is 0 Å². The van der Waals surface area contributed by atoms with Crippen molar-refractivity contribution in [1.29, 1.82) is 0 Å². The third-order valence-electron chi connectivity index (χ3n) is 6.38. The number of carbonyl (C=O) groups excluding carboxylic acids is 4. The van der Waals surface area contributed by atoms with Gasteiger partial charge in [-0.3, -0.25) is 19.4 Å². The number of carbonyl (C=O) groups is 4. The molecular weight excluding hydrogens is 510 g/mol. The smallest absolute Gasteiger partial charge is 0.337 e. The summed E-state index contributed by atoms with van der Waals surface area (Å²) in [5, 5.41) is 5.65. The van der Waals surface area contributed by atoms with Crippen molar-refractivity contribution in [2.24, 2.45) is 4.99 Å². The maximum atomic E-state index is 13.3. The fraction of sp³-hybridized carbons (Fsp3) is 0.233. The van der Waals surface area contributed by atoms with Gasteiger partial charge in [0.2, 0.25) is 17.7 Å². The number of aliphatic imine (C=N–C) groups is 1. The Balaban J connectivity index is 1.82. The number of hydrogen-bond donors (Lipinski definition) is 2. The summed E-state index contributed by atoms with van der Waals surface area (Å²) in [6.45, 7) is 1.58. The number of nitrogens with zero attached hydrogens (tertiary/aromatic N) is 3. The summed E-state index contributed by atoms with van der Waals surface area (Å²) in [6, 6.07) is 19.4. The molecule has 0 fully saturated rings. The molecule has 10 nitrogen and oxygen atoms in total. The number of likely N-dealkylation sites (N-methyl/N-ethyl adjacent to an activating group) is 2. The highest BCUT2D eigenvalue weighted by atomic mass is 16.5. The van der Waals surface area contributed by atoms with E-state index in [1.165, 1.54) is 18.9 Å². The second-order valence-corrected chi connectivity index (χ2v) is 9.65. The van der Waals surface area contributed by atoms with Crippen molar-refractivity contribution in [1.82, 2.24) is 4.90 Å². The van der Waals surface area contributed by atoms with Gasteiger partial charge in [0.1, 0.15) is 5.92 Å². The van der Waals surface area contributed by atoms with Gasteiger partial charge in [-0.25, -0.2) is 4.79 Å². The zero-order valence-corrected chi connectivity index (χ0v) is 23.0. The molecule has 3 aromatic carbocycles. The minimum absolute atomic E-state index is 0.150. The predicted molar refractivity (Wildman–Crippen MR) is 155 cm³/mol. The second kappa shape index (κ2) is 11.9. The number of anilines is 3. The van der Waals surface area contributed by atoms with Crippen LogP contribution < -0.4 is 15.5 Å². The first kappa shape index (κ1) is 28.2. The molecule has 3 aromatic rings. The van der Waals surface area contributed by atoms with E-state index in [2.05, 4.69) is 10.6 Å². The van der Waals surface area contributed by atoms with E-state index in [1.54, 1.807) is 62.4 Å². The number of nitrogens with one attached hydrogen (secondary N) is 2. The number of rotatable bonds is 8. The van der Waals surface area contributed by atoms with Crippen LogP contribution in [0.25, 0.3) is 0 Å². The van der Waals surface area contributed by atoms with E-state index in [4.69, 9.17) is 9.73 Å². The van der Waals surface area contributed by atoms with Crippen LogP contribution in [0.1, 0.15) is 34.3 Å². The van der Waals surface area contributed by atoms with Gasteiger partial charge in [-0.1, -0.05) is 36.4 Å². The van der Waals surface area contributed by atoms with Crippen molar-refractivity contribution in [2.75, 3.05) is 50.3 Å². The van der Waals surface area contributed by atoms with E-state index in [9.17, 15) is 19.2 Å². The second-order valence-electron chi connectivity index (χ2n) is 9.65. The molecule has 1 heterocycles. The molecule has 3 amide bonds. The highest BCUT2D eigenvalue weighted by Crippen LogP contribution is 2.38. The van der Waals surface area contributed by atoms with Gasteiger partial charge in [-0.15, -0.1) is 0 Å². The Morgan fingerprint density at radius 3 is 2.35 bits per heavy atom.